The lowest BCUT2D eigenvalue weighted by molar-refractivity contribution is 0.391. The molecule has 0 bridgehead atoms. The highest BCUT2D eigenvalue weighted by molar-refractivity contribution is 7.97. The van der Waals surface area contributed by atoms with Gasteiger partial charge < -0.3 is 13.9 Å². The van der Waals surface area contributed by atoms with E-state index in [-0.39, 0.29) is 39.9 Å². The van der Waals surface area contributed by atoms with Crippen molar-refractivity contribution >= 4 is 32.9 Å². The maximum absolute atomic E-state index is 14.1. The molecular formula is C25H28FN6O5S2+. The first kappa shape index (κ1) is 28.1. The Hall–Kier alpha value is -3.91. The Balaban J connectivity index is 1.96. The first-order valence-electron chi connectivity index (χ1n) is 11.6. The smallest absolute Gasteiger partial charge is 0.262 e. The number of aromatic nitrogens is 5. The van der Waals surface area contributed by atoms with Crippen molar-refractivity contribution in [1.29, 1.82) is 0 Å². The number of halogens is 1. The summed E-state index contributed by atoms with van der Waals surface area (Å²) in [5.74, 6) is 1.37. The van der Waals surface area contributed by atoms with Gasteiger partial charge in [-0.15, -0.1) is 10.2 Å². The number of allylic oxidation sites excluding steroid dienone is 1. The Morgan fingerprint density at radius 3 is 2.33 bits per heavy atom. The van der Waals surface area contributed by atoms with Crippen molar-refractivity contribution in [3.05, 3.63) is 65.5 Å². The molecule has 0 fully saturated rings. The third-order valence-electron chi connectivity index (χ3n) is 5.61. The molecule has 0 spiro atoms. The Kier molecular flexibility index (Phi) is 8.55. The number of rotatable bonds is 11. The summed E-state index contributed by atoms with van der Waals surface area (Å²) in [5, 5.41) is 8.65. The molecule has 0 aliphatic rings. The van der Waals surface area contributed by atoms with E-state index in [0.717, 1.165) is 12.4 Å². The maximum atomic E-state index is 14.1. The van der Waals surface area contributed by atoms with Crippen molar-refractivity contribution in [3.63, 3.8) is 0 Å². The number of sulfonamides is 1. The average Bonchev–Trinajstić information content (AvgIpc) is 3.59. The molecule has 0 saturated carbocycles. The number of furan rings is 1. The molecule has 0 atom stereocenters. The molecule has 0 radical (unpaired) electrons. The van der Waals surface area contributed by atoms with Crippen LogP contribution in [0.4, 0.5) is 10.3 Å². The van der Waals surface area contributed by atoms with Crippen molar-refractivity contribution in [3.8, 4) is 28.8 Å². The highest BCUT2D eigenvalue weighted by Crippen LogP contribution is 2.39. The molecular weight excluding hydrogens is 547 g/mol. The molecule has 14 heteroatoms. The molecule has 0 N–H and O–H groups in total. The molecule has 4 aromatic rings. The summed E-state index contributed by atoms with van der Waals surface area (Å²) in [6.45, 7) is 1.52. The van der Waals surface area contributed by atoms with E-state index in [1.165, 1.54) is 37.8 Å². The standard InChI is InChI=1S/C25H28FN6O5S2/c1-17(14-22-27-15-18(26)16-28-22)39(33,34)31(11-13-38(4)5)25-30-29-24(21-10-7-12-37-21)32(25)23-19(35-2)8-6-9-20(23)36-3/h6-10,12,14-16H,11,13H2,1-5H3/q+1/b17-14+. The highest BCUT2D eigenvalue weighted by atomic mass is 32.2. The van der Waals surface area contributed by atoms with Crippen LogP contribution in [0.5, 0.6) is 11.5 Å². The fourth-order valence-corrected chi connectivity index (χ4v) is 5.61. The number of anilines is 1. The fourth-order valence-electron chi connectivity index (χ4n) is 3.68. The zero-order valence-corrected chi connectivity index (χ0v) is 23.7. The zero-order valence-electron chi connectivity index (χ0n) is 22.0. The minimum absolute atomic E-state index is 0.00224. The molecule has 11 nitrogen and oxygen atoms in total. The molecule has 0 aliphatic heterocycles. The summed E-state index contributed by atoms with van der Waals surface area (Å²) in [6, 6.07) is 8.58. The topological polar surface area (TPSA) is 125 Å². The van der Waals surface area contributed by atoms with Gasteiger partial charge in [0.2, 0.25) is 11.8 Å². The molecule has 4 rings (SSSR count). The van der Waals surface area contributed by atoms with Crippen LogP contribution in [0.2, 0.25) is 0 Å². The Bertz CT molecular complexity index is 1530. The third kappa shape index (κ3) is 5.91. The molecule has 0 amide bonds. The van der Waals surface area contributed by atoms with Gasteiger partial charge in [0, 0.05) is 0 Å². The van der Waals surface area contributed by atoms with E-state index in [2.05, 4.69) is 20.2 Å². The number of hydrogen-bond donors (Lipinski definition) is 0. The molecule has 0 aliphatic carbocycles. The molecule has 0 unspecified atom stereocenters. The number of benzene rings is 1. The lowest BCUT2D eigenvalue weighted by atomic mass is 10.2. The van der Waals surface area contributed by atoms with E-state index in [1.807, 2.05) is 12.5 Å². The van der Waals surface area contributed by atoms with E-state index < -0.39 is 15.8 Å². The van der Waals surface area contributed by atoms with E-state index in [1.54, 1.807) is 34.9 Å². The van der Waals surface area contributed by atoms with Crippen molar-refractivity contribution in [1.82, 2.24) is 24.7 Å². The molecule has 3 heterocycles. The molecule has 206 valence electrons. The van der Waals surface area contributed by atoms with Gasteiger partial charge in [-0.25, -0.2) is 27.1 Å². The number of nitrogens with zero attached hydrogens (tertiary/aromatic N) is 6. The van der Waals surface area contributed by atoms with Crippen molar-refractivity contribution in [2.75, 3.05) is 43.3 Å². The second-order valence-electron chi connectivity index (χ2n) is 8.43. The van der Waals surface area contributed by atoms with Crippen LogP contribution in [0.25, 0.3) is 23.3 Å². The fraction of sp³-hybridized carbons (Fsp3) is 0.280. The van der Waals surface area contributed by atoms with Gasteiger partial charge in [-0.3, -0.25) is 4.57 Å². The van der Waals surface area contributed by atoms with E-state index in [9.17, 15) is 12.8 Å². The monoisotopic (exact) mass is 575 g/mol. The average molecular weight is 576 g/mol. The summed E-state index contributed by atoms with van der Waals surface area (Å²) in [4.78, 5) is 7.66. The van der Waals surface area contributed by atoms with Crippen LogP contribution >= 0.6 is 0 Å². The van der Waals surface area contributed by atoms with Crippen molar-refractivity contribution < 1.29 is 26.7 Å². The lowest BCUT2D eigenvalue weighted by Crippen LogP contribution is -2.37. The predicted molar refractivity (Wildman–Crippen MR) is 148 cm³/mol. The van der Waals surface area contributed by atoms with Gasteiger partial charge in [0.05, 0.1) is 56.8 Å². The Morgan fingerprint density at radius 2 is 1.77 bits per heavy atom. The summed E-state index contributed by atoms with van der Waals surface area (Å²) in [7, 11) is -1.30. The molecule has 0 saturated heterocycles. The zero-order chi connectivity index (χ0) is 28.2. The summed E-state index contributed by atoms with van der Waals surface area (Å²) >= 11 is 0. The molecule has 1 aromatic carbocycles. The van der Waals surface area contributed by atoms with Gasteiger partial charge in [0.15, 0.2) is 17.4 Å². The van der Waals surface area contributed by atoms with E-state index in [4.69, 9.17) is 13.9 Å². The first-order valence-corrected chi connectivity index (χ1v) is 15.3. The maximum Gasteiger partial charge on any atom is 0.262 e. The largest absolute Gasteiger partial charge is 0.494 e. The number of hydrogen-bond acceptors (Lipinski definition) is 9. The first-order chi connectivity index (χ1) is 18.7. The minimum Gasteiger partial charge on any atom is -0.494 e. The lowest BCUT2D eigenvalue weighted by Gasteiger charge is -2.25. The van der Waals surface area contributed by atoms with Crippen LogP contribution in [-0.2, 0) is 20.9 Å². The van der Waals surface area contributed by atoms with Gasteiger partial charge in [0.25, 0.3) is 10.0 Å². The third-order valence-corrected chi connectivity index (χ3v) is 8.47. The van der Waals surface area contributed by atoms with E-state index >= 15 is 0 Å². The van der Waals surface area contributed by atoms with Crippen LogP contribution in [-0.4, -0.2) is 72.2 Å². The number of para-hydroxylation sites is 1. The van der Waals surface area contributed by atoms with Gasteiger partial charge in [-0.05, 0) is 48.2 Å². The second-order valence-corrected chi connectivity index (χ2v) is 12.8. The number of ether oxygens (including phenoxy) is 2. The van der Waals surface area contributed by atoms with Gasteiger partial charge >= 0.3 is 0 Å². The van der Waals surface area contributed by atoms with Crippen molar-refractivity contribution in [2.24, 2.45) is 0 Å². The second kappa shape index (κ2) is 11.9. The Morgan fingerprint density at radius 1 is 1.10 bits per heavy atom. The van der Waals surface area contributed by atoms with Gasteiger partial charge in [-0.2, -0.15) is 0 Å². The SMILES string of the molecule is COc1cccc(OC)c1-n1c(-c2ccco2)nnc1N(CC[S+](C)C)S(=O)(=O)/C(C)=C/c1ncc(F)cn1. The minimum atomic E-state index is -4.19. The normalized spacial score (nSPS) is 12.1. The van der Waals surface area contributed by atoms with Crippen molar-refractivity contribution in [2.45, 2.75) is 6.92 Å². The predicted octanol–water partition coefficient (Wildman–Crippen LogP) is 3.55. The summed E-state index contributed by atoms with van der Waals surface area (Å²) in [5.41, 5.74) is 0.393. The van der Waals surface area contributed by atoms with Gasteiger partial charge in [-0.1, -0.05) is 6.07 Å². The molecule has 3 aromatic heterocycles. The van der Waals surface area contributed by atoms with E-state index in [0.29, 0.717) is 28.7 Å². The van der Waals surface area contributed by atoms with Crippen LogP contribution in [0.15, 0.2) is 58.3 Å². The van der Waals surface area contributed by atoms with Gasteiger partial charge in [0.1, 0.15) is 22.9 Å². The van der Waals surface area contributed by atoms with Crippen LogP contribution in [0.1, 0.15) is 12.7 Å². The molecule has 39 heavy (non-hydrogen) atoms. The van der Waals surface area contributed by atoms with Crippen LogP contribution in [0, 0.1) is 5.82 Å². The summed E-state index contributed by atoms with van der Waals surface area (Å²) in [6.07, 6.45) is 8.73. The van der Waals surface area contributed by atoms with Crippen LogP contribution in [0.3, 0.4) is 0 Å². The van der Waals surface area contributed by atoms with Crippen LogP contribution < -0.4 is 13.8 Å². The summed E-state index contributed by atoms with van der Waals surface area (Å²) < 4.78 is 61.0. The quantitative estimate of drug-likeness (QED) is 0.247. The number of methoxy groups -OCH3 is 2. The highest BCUT2D eigenvalue weighted by Gasteiger charge is 2.34. The Labute approximate surface area is 228 Å².